The topological polar surface area (TPSA) is 17.1 Å². The summed E-state index contributed by atoms with van der Waals surface area (Å²) in [6.45, 7) is 5.85. The average molecular weight is 261 g/mol. The van der Waals surface area contributed by atoms with Crippen molar-refractivity contribution in [2.24, 2.45) is 0 Å². The number of carbonyl (C=O) groups excluding carboxylic acids is 1. The van der Waals surface area contributed by atoms with Gasteiger partial charge >= 0.3 is 0 Å². The van der Waals surface area contributed by atoms with Crippen molar-refractivity contribution in [1.29, 1.82) is 0 Å². The monoisotopic (exact) mass is 260 g/mol. The molecule has 0 aliphatic carbocycles. The van der Waals surface area contributed by atoms with E-state index in [0.717, 1.165) is 4.47 Å². The molecule has 0 bridgehead atoms. The smallest absolute Gasteiger partial charge is 0.130 e. The van der Waals surface area contributed by atoms with Crippen LogP contribution in [0.4, 0.5) is 0 Å². The second-order valence-electron chi connectivity index (χ2n) is 3.86. The third-order valence-corrected chi connectivity index (χ3v) is 4.13. The van der Waals surface area contributed by atoms with E-state index in [1.807, 2.05) is 11.4 Å². The van der Waals surface area contributed by atoms with Gasteiger partial charge in [-0.1, -0.05) is 13.8 Å². The van der Waals surface area contributed by atoms with Gasteiger partial charge < -0.3 is 0 Å². The van der Waals surface area contributed by atoms with E-state index in [9.17, 15) is 4.79 Å². The van der Waals surface area contributed by atoms with Crippen LogP contribution in [-0.2, 0) is 10.2 Å². The minimum absolute atomic E-state index is 0.0428. The van der Waals surface area contributed by atoms with E-state index >= 15 is 0 Å². The fourth-order valence-corrected chi connectivity index (χ4v) is 3.52. The van der Waals surface area contributed by atoms with Crippen molar-refractivity contribution in [1.82, 2.24) is 0 Å². The highest BCUT2D eigenvalue weighted by Gasteiger charge is 2.25. The Kier molecular flexibility index (Phi) is 3.30. The van der Waals surface area contributed by atoms with Crippen LogP contribution in [-0.4, -0.2) is 5.78 Å². The van der Waals surface area contributed by atoms with Gasteiger partial charge in [0.05, 0.1) is 0 Å². The quantitative estimate of drug-likeness (QED) is 0.809. The molecule has 0 aromatic carbocycles. The van der Waals surface area contributed by atoms with Crippen molar-refractivity contribution < 1.29 is 4.79 Å². The molecule has 1 rings (SSSR count). The van der Waals surface area contributed by atoms with Gasteiger partial charge in [-0.2, -0.15) is 0 Å². The molecule has 1 heterocycles. The molecule has 3 heteroatoms. The molecule has 0 saturated carbocycles. The van der Waals surface area contributed by atoms with E-state index in [1.165, 1.54) is 4.88 Å². The van der Waals surface area contributed by atoms with Crippen LogP contribution in [0.25, 0.3) is 0 Å². The average Bonchev–Trinajstić information content (AvgIpc) is 2.32. The first-order valence-corrected chi connectivity index (χ1v) is 5.83. The predicted molar refractivity (Wildman–Crippen MR) is 60.3 cm³/mol. The summed E-state index contributed by atoms with van der Waals surface area (Å²) < 4.78 is 1.11. The molecule has 0 aliphatic heterocycles. The van der Waals surface area contributed by atoms with E-state index < -0.39 is 0 Å². The molecule has 0 amide bonds. The van der Waals surface area contributed by atoms with Crippen molar-refractivity contribution in [2.45, 2.75) is 32.6 Å². The molecule has 1 aromatic rings. The SMILES string of the molecule is CC(=O)CC(C)(C)c1sccc1Br. The minimum atomic E-state index is -0.0428. The first kappa shape index (κ1) is 10.9. The van der Waals surface area contributed by atoms with Gasteiger partial charge in [-0.15, -0.1) is 11.3 Å². The Balaban J connectivity index is 2.93. The zero-order valence-corrected chi connectivity index (χ0v) is 10.5. The van der Waals surface area contributed by atoms with Crippen molar-refractivity contribution in [3.63, 3.8) is 0 Å². The number of ketones is 1. The van der Waals surface area contributed by atoms with Gasteiger partial charge in [-0.25, -0.2) is 0 Å². The summed E-state index contributed by atoms with van der Waals surface area (Å²) in [5, 5.41) is 2.04. The van der Waals surface area contributed by atoms with Crippen LogP contribution in [0.2, 0.25) is 0 Å². The zero-order valence-electron chi connectivity index (χ0n) is 8.06. The van der Waals surface area contributed by atoms with Gasteiger partial charge in [0.25, 0.3) is 0 Å². The molecule has 1 nitrogen and oxygen atoms in total. The Labute approximate surface area is 91.3 Å². The lowest BCUT2D eigenvalue weighted by Crippen LogP contribution is -2.19. The van der Waals surface area contributed by atoms with E-state index in [1.54, 1.807) is 18.3 Å². The summed E-state index contributed by atoms with van der Waals surface area (Å²) >= 11 is 5.19. The van der Waals surface area contributed by atoms with E-state index in [4.69, 9.17) is 0 Å². The van der Waals surface area contributed by atoms with Gasteiger partial charge in [-0.05, 0) is 34.3 Å². The summed E-state index contributed by atoms with van der Waals surface area (Å²) in [5.74, 6) is 0.241. The Hall–Kier alpha value is -0.150. The molecule has 0 saturated heterocycles. The summed E-state index contributed by atoms with van der Waals surface area (Å²) in [6.07, 6.45) is 0.603. The van der Waals surface area contributed by atoms with Crippen LogP contribution in [0.1, 0.15) is 32.1 Å². The Morgan fingerprint density at radius 1 is 1.62 bits per heavy atom. The minimum Gasteiger partial charge on any atom is -0.300 e. The first-order valence-electron chi connectivity index (χ1n) is 4.16. The maximum absolute atomic E-state index is 11.1. The van der Waals surface area contributed by atoms with Crippen molar-refractivity contribution in [3.05, 3.63) is 20.8 Å². The van der Waals surface area contributed by atoms with Crippen LogP contribution >= 0.6 is 27.3 Å². The van der Waals surface area contributed by atoms with E-state index in [2.05, 4.69) is 29.8 Å². The van der Waals surface area contributed by atoms with Crippen molar-refractivity contribution in [2.75, 3.05) is 0 Å². The molecule has 0 radical (unpaired) electrons. The first-order chi connectivity index (χ1) is 5.93. The Morgan fingerprint density at radius 2 is 2.23 bits per heavy atom. The summed E-state index contributed by atoms with van der Waals surface area (Å²) in [4.78, 5) is 12.3. The lowest BCUT2D eigenvalue weighted by Gasteiger charge is -2.22. The molecule has 0 spiro atoms. The Bertz CT molecular complexity index is 314. The van der Waals surface area contributed by atoms with Gasteiger partial charge in [0.15, 0.2) is 0 Å². The second-order valence-corrected chi connectivity index (χ2v) is 5.63. The lowest BCUT2D eigenvalue weighted by atomic mass is 9.86. The molecule has 72 valence electrons. The third-order valence-electron chi connectivity index (χ3n) is 1.92. The summed E-state index contributed by atoms with van der Waals surface area (Å²) in [7, 11) is 0. The molecule has 0 fully saturated rings. The number of hydrogen-bond donors (Lipinski definition) is 0. The highest BCUT2D eigenvalue weighted by molar-refractivity contribution is 9.10. The van der Waals surface area contributed by atoms with Crippen LogP contribution < -0.4 is 0 Å². The maximum atomic E-state index is 11.1. The lowest BCUT2D eigenvalue weighted by molar-refractivity contribution is -0.117. The van der Waals surface area contributed by atoms with Crippen LogP contribution in [0.5, 0.6) is 0 Å². The highest BCUT2D eigenvalue weighted by atomic mass is 79.9. The van der Waals surface area contributed by atoms with E-state index in [0.29, 0.717) is 6.42 Å². The molecule has 13 heavy (non-hydrogen) atoms. The molecule has 1 aromatic heterocycles. The number of halogens is 1. The number of carbonyl (C=O) groups is 1. The fraction of sp³-hybridized carbons (Fsp3) is 0.500. The van der Waals surface area contributed by atoms with Crippen molar-refractivity contribution in [3.8, 4) is 0 Å². The molecule has 0 atom stereocenters. The van der Waals surface area contributed by atoms with Crippen molar-refractivity contribution >= 4 is 33.0 Å². The number of rotatable bonds is 3. The second kappa shape index (κ2) is 3.93. The van der Waals surface area contributed by atoms with Crippen LogP contribution in [0, 0.1) is 0 Å². The normalized spacial score (nSPS) is 11.7. The molecule has 0 unspecified atom stereocenters. The molecule has 0 aliphatic rings. The highest BCUT2D eigenvalue weighted by Crippen LogP contribution is 2.36. The number of thiophene rings is 1. The van der Waals surface area contributed by atoms with Gasteiger partial charge in [0.2, 0.25) is 0 Å². The van der Waals surface area contributed by atoms with Crippen LogP contribution in [0.15, 0.2) is 15.9 Å². The number of Topliss-reactive ketones (excluding diaryl/α,β-unsaturated/α-hetero) is 1. The Morgan fingerprint density at radius 3 is 2.62 bits per heavy atom. The standard InChI is InChI=1S/C10H13BrOS/c1-7(12)6-10(2,3)9-8(11)4-5-13-9/h4-5H,6H2,1-3H3. The van der Waals surface area contributed by atoms with Gasteiger partial charge in [0, 0.05) is 21.2 Å². The maximum Gasteiger partial charge on any atom is 0.130 e. The third kappa shape index (κ3) is 2.64. The number of hydrogen-bond acceptors (Lipinski definition) is 2. The molecular weight excluding hydrogens is 248 g/mol. The fourth-order valence-electron chi connectivity index (χ4n) is 1.48. The predicted octanol–water partition coefficient (Wildman–Crippen LogP) is 3.77. The summed E-state index contributed by atoms with van der Waals surface area (Å²) in [6, 6.07) is 2.03. The van der Waals surface area contributed by atoms with Crippen LogP contribution in [0.3, 0.4) is 0 Å². The molecule has 0 N–H and O–H groups in total. The largest absolute Gasteiger partial charge is 0.300 e. The van der Waals surface area contributed by atoms with E-state index in [-0.39, 0.29) is 11.2 Å². The van der Waals surface area contributed by atoms with Gasteiger partial charge in [-0.3, -0.25) is 4.79 Å². The summed E-state index contributed by atoms with van der Waals surface area (Å²) in [5.41, 5.74) is -0.0428. The zero-order chi connectivity index (χ0) is 10.1. The van der Waals surface area contributed by atoms with Gasteiger partial charge in [0.1, 0.15) is 5.78 Å². The molecular formula is C10H13BrOS.